The van der Waals surface area contributed by atoms with Gasteiger partial charge in [-0.2, -0.15) is 4.98 Å². The first-order valence-corrected chi connectivity index (χ1v) is 7.91. The minimum absolute atomic E-state index is 0.285. The molecule has 0 spiro atoms. The number of hydrogen-bond acceptors (Lipinski definition) is 4. The van der Waals surface area contributed by atoms with E-state index in [1.165, 1.54) is 12.8 Å². The molecule has 1 N–H and O–H groups in total. The molecule has 2 atom stereocenters. The van der Waals surface area contributed by atoms with Gasteiger partial charge in [0.1, 0.15) is 0 Å². The highest BCUT2D eigenvalue weighted by Crippen LogP contribution is 2.33. The maximum atomic E-state index is 6.04. The smallest absolute Gasteiger partial charge is 0.231 e. The SMILES string of the molecule is CNC1CCCCC1c1nc(-c2ccc(Cl)c(Cl)c2)no1. The van der Waals surface area contributed by atoms with Gasteiger partial charge in [0.25, 0.3) is 0 Å². The zero-order valence-electron chi connectivity index (χ0n) is 11.8. The van der Waals surface area contributed by atoms with Gasteiger partial charge < -0.3 is 9.84 Å². The van der Waals surface area contributed by atoms with Gasteiger partial charge in [0, 0.05) is 11.6 Å². The Morgan fingerprint density at radius 1 is 1.19 bits per heavy atom. The summed E-state index contributed by atoms with van der Waals surface area (Å²) in [6, 6.07) is 5.75. The summed E-state index contributed by atoms with van der Waals surface area (Å²) in [5.41, 5.74) is 0.816. The topological polar surface area (TPSA) is 51.0 Å². The highest BCUT2D eigenvalue weighted by Gasteiger charge is 2.30. The van der Waals surface area contributed by atoms with Crippen LogP contribution in [0.5, 0.6) is 0 Å². The first-order chi connectivity index (χ1) is 10.2. The fraction of sp³-hybridized carbons (Fsp3) is 0.467. The summed E-state index contributed by atoms with van der Waals surface area (Å²) in [6.07, 6.45) is 4.67. The van der Waals surface area contributed by atoms with Gasteiger partial charge in [-0.3, -0.25) is 0 Å². The van der Waals surface area contributed by atoms with Crippen molar-refractivity contribution in [2.24, 2.45) is 0 Å². The Morgan fingerprint density at radius 2 is 2.00 bits per heavy atom. The minimum atomic E-state index is 0.285. The summed E-state index contributed by atoms with van der Waals surface area (Å²) in [4.78, 5) is 4.55. The summed E-state index contributed by atoms with van der Waals surface area (Å²) >= 11 is 12.0. The highest BCUT2D eigenvalue weighted by molar-refractivity contribution is 6.42. The van der Waals surface area contributed by atoms with E-state index in [0.717, 1.165) is 18.4 Å². The van der Waals surface area contributed by atoms with Crippen molar-refractivity contribution in [2.45, 2.75) is 37.6 Å². The van der Waals surface area contributed by atoms with E-state index >= 15 is 0 Å². The molecule has 1 fully saturated rings. The molecule has 1 heterocycles. The molecule has 0 radical (unpaired) electrons. The minimum Gasteiger partial charge on any atom is -0.339 e. The molecule has 4 nitrogen and oxygen atoms in total. The summed E-state index contributed by atoms with van der Waals surface area (Å²) < 4.78 is 5.48. The molecule has 2 aromatic rings. The van der Waals surface area contributed by atoms with E-state index in [1.54, 1.807) is 12.1 Å². The van der Waals surface area contributed by atoms with Gasteiger partial charge in [-0.25, -0.2) is 0 Å². The molecular weight excluding hydrogens is 309 g/mol. The molecule has 0 bridgehead atoms. The normalized spacial score (nSPS) is 22.4. The van der Waals surface area contributed by atoms with Gasteiger partial charge in [-0.05, 0) is 38.1 Å². The lowest BCUT2D eigenvalue weighted by atomic mass is 9.84. The second kappa shape index (κ2) is 6.34. The molecule has 0 aliphatic heterocycles. The number of rotatable bonds is 3. The monoisotopic (exact) mass is 325 g/mol. The molecule has 1 aromatic carbocycles. The van der Waals surface area contributed by atoms with Gasteiger partial charge >= 0.3 is 0 Å². The molecule has 6 heteroatoms. The Kier molecular flexibility index (Phi) is 4.48. The van der Waals surface area contributed by atoms with Crippen molar-refractivity contribution in [3.05, 3.63) is 34.1 Å². The van der Waals surface area contributed by atoms with Crippen LogP contribution in [0.3, 0.4) is 0 Å². The second-order valence-corrected chi connectivity index (χ2v) is 6.19. The van der Waals surface area contributed by atoms with Crippen LogP contribution in [-0.2, 0) is 0 Å². The van der Waals surface area contributed by atoms with Crippen LogP contribution in [0.1, 0.15) is 37.5 Å². The fourth-order valence-corrected chi connectivity index (χ4v) is 3.21. The van der Waals surface area contributed by atoms with Crippen molar-refractivity contribution < 1.29 is 4.52 Å². The molecule has 0 amide bonds. The Balaban J connectivity index is 1.86. The largest absolute Gasteiger partial charge is 0.339 e. The molecule has 1 aromatic heterocycles. The van der Waals surface area contributed by atoms with Crippen molar-refractivity contribution in [3.8, 4) is 11.4 Å². The molecule has 21 heavy (non-hydrogen) atoms. The average Bonchev–Trinajstić information content (AvgIpc) is 2.99. The van der Waals surface area contributed by atoms with Crippen molar-refractivity contribution in [3.63, 3.8) is 0 Å². The number of nitrogens with one attached hydrogen (secondary N) is 1. The molecule has 0 saturated heterocycles. The molecule has 1 aliphatic rings. The third-order valence-electron chi connectivity index (χ3n) is 4.07. The Labute approximate surface area is 133 Å². The molecular formula is C15H17Cl2N3O. The number of halogens is 2. The lowest BCUT2D eigenvalue weighted by molar-refractivity contribution is 0.270. The van der Waals surface area contributed by atoms with Crippen LogP contribution in [0.25, 0.3) is 11.4 Å². The van der Waals surface area contributed by atoms with Gasteiger partial charge in [0.2, 0.25) is 11.7 Å². The summed E-state index contributed by atoms with van der Waals surface area (Å²) in [6.45, 7) is 0. The first-order valence-electron chi connectivity index (χ1n) is 7.15. The molecule has 1 saturated carbocycles. The highest BCUT2D eigenvalue weighted by atomic mass is 35.5. The van der Waals surface area contributed by atoms with E-state index in [9.17, 15) is 0 Å². The van der Waals surface area contributed by atoms with Crippen LogP contribution in [-0.4, -0.2) is 23.2 Å². The number of nitrogens with zero attached hydrogens (tertiary/aromatic N) is 2. The summed E-state index contributed by atoms with van der Waals surface area (Å²) in [5, 5.41) is 8.45. The summed E-state index contributed by atoms with van der Waals surface area (Å²) in [5.74, 6) is 1.55. The second-order valence-electron chi connectivity index (χ2n) is 5.37. The van der Waals surface area contributed by atoms with Crippen LogP contribution in [0.2, 0.25) is 10.0 Å². The van der Waals surface area contributed by atoms with Crippen molar-refractivity contribution in [2.75, 3.05) is 7.05 Å². The van der Waals surface area contributed by atoms with E-state index in [-0.39, 0.29) is 5.92 Å². The molecule has 3 rings (SSSR count). The van der Waals surface area contributed by atoms with Gasteiger partial charge in [0.05, 0.1) is 16.0 Å². The van der Waals surface area contributed by atoms with E-state index < -0.39 is 0 Å². The zero-order chi connectivity index (χ0) is 14.8. The van der Waals surface area contributed by atoms with Crippen LogP contribution in [0.15, 0.2) is 22.7 Å². The van der Waals surface area contributed by atoms with Gasteiger partial charge in [-0.15, -0.1) is 0 Å². The fourth-order valence-electron chi connectivity index (χ4n) is 2.91. The molecule has 2 unspecified atom stereocenters. The molecule has 112 valence electrons. The predicted molar refractivity (Wildman–Crippen MR) is 83.8 cm³/mol. The first kappa shape index (κ1) is 14.8. The van der Waals surface area contributed by atoms with E-state index in [1.807, 2.05) is 13.1 Å². The van der Waals surface area contributed by atoms with Gasteiger partial charge in [0.15, 0.2) is 0 Å². The van der Waals surface area contributed by atoms with E-state index in [0.29, 0.717) is 27.8 Å². The van der Waals surface area contributed by atoms with E-state index in [2.05, 4.69) is 15.5 Å². The third-order valence-corrected chi connectivity index (χ3v) is 4.81. The maximum Gasteiger partial charge on any atom is 0.231 e. The standard InChI is InChI=1S/C15H17Cl2N3O/c1-18-13-5-3-2-4-10(13)15-19-14(20-21-15)9-6-7-11(16)12(17)8-9/h6-8,10,13,18H,2-5H2,1H3. The quantitative estimate of drug-likeness (QED) is 0.914. The van der Waals surface area contributed by atoms with Gasteiger partial charge in [-0.1, -0.05) is 41.2 Å². The third kappa shape index (κ3) is 3.07. The van der Waals surface area contributed by atoms with Crippen molar-refractivity contribution >= 4 is 23.2 Å². The van der Waals surface area contributed by atoms with E-state index in [4.69, 9.17) is 27.7 Å². The Hall–Kier alpha value is -1.10. The van der Waals surface area contributed by atoms with Crippen molar-refractivity contribution in [1.82, 2.24) is 15.5 Å². The number of aromatic nitrogens is 2. The number of hydrogen-bond donors (Lipinski definition) is 1. The number of benzene rings is 1. The lowest BCUT2D eigenvalue weighted by Crippen LogP contribution is -2.34. The lowest BCUT2D eigenvalue weighted by Gasteiger charge is -2.28. The van der Waals surface area contributed by atoms with Crippen LogP contribution in [0, 0.1) is 0 Å². The maximum absolute atomic E-state index is 6.04. The molecule has 1 aliphatic carbocycles. The summed E-state index contributed by atoms with van der Waals surface area (Å²) in [7, 11) is 1.99. The average molecular weight is 326 g/mol. The van der Waals surface area contributed by atoms with Crippen molar-refractivity contribution in [1.29, 1.82) is 0 Å². The van der Waals surface area contributed by atoms with Crippen LogP contribution >= 0.6 is 23.2 Å². The Bertz CT molecular complexity index is 629. The number of likely N-dealkylation sites (N-methyl/N-ethyl adjacent to an activating group) is 1. The van der Waals surface area contributed by atoms with Crippen LogP contribution < -0.4 is 5.32 Å². The Morgan fingerprint density at radius 3 is 2.76 bits per heavy atom. The van der Waals surface area contributed by atoms with Crippen LogP contribution in [0.4, 0.5) is 0 Å². The zero-order valence-corrected chi connectivity index (χ0v) is 13.3. The predicted octanol–water partition coefficient (Wildman–Crippen LogP) is 4.29.